The van der Waals surface area contributed by atoms with Gasteiger partial charge in [-0.3, -0.25) is 0 Å². The van der Waals surface area contributed by atoms with E-state index in [1.165, 1.54) is 0 Å². The summed E-state index contributed by atoms with van der Waals surface area (Å²) < 4.78 is 0. The van der Waals surface area contributed by atoms with E-state index < -0.39 is 0 Å². The summed E-state index contributed by atoms with van der Waals surface area (Å²) in [4.78, 5) is 0. The summed E-state index contributed by atoms with van der Waals surface area (Å²) in [5, 5.41) is 0.194. The molecular formula is C4H11B3N. The molecule has 0 aromatic heterocycles. The molecule has 0 fully saturated rings. The second-order valence-electron chi connectivity index (χ2n) is 2.53. The summed E-state index contributed by atoms with van der Waals surface area (Å²) in [5.74, 6) is 0. The van der Waals surface area contributed by atoms with Crippen molar-refractivity contribution in [2.75, 3.05) is 0 Å². The van der Waals surface area contributed by atoms with Crippen molar-refractivity contribution in [1.29, 1.82) is 0 Å². The van der Waals surface area contributed by atoms with Gasteiger partial charge in [0.15, 0.2) is 0 Å². The minimum Gasteiger partial charge on any atom is -0.374 e. The predicted molar refractivity (Wildman–Crippen MR) is 41.2 cm³/mol. The van der Waals surface area contributed by atoms with Crippen molar-refractivity contribution in [3.05, 3.63) is 0 Å². The number of hydrogen-bond donors (Lipinski definition) is 1. The molecule has 0 heterocycles. The fourth-order valence-corrected chi connectivity index (χ4v) is 0. The molecule has 0 atom stereocenters. The lowest BCUT2D eigenvalue weighted by Gasteiger charge is -2.10. The molecule has 0 amide bonds. The van der Waals surface area contributed by atoms with E-state index in [0.717, 1.165) is 0 Å². The SMILES string of the molecule is CC(C)(C)[B]N.[B][B]. The first-order valence-electron chi connectivity index (χ1n) is 2.46. The first kappa shape index (κ1) is 11.0. The van der Waals surface area contributed by atoms with Crippen LogP contribution in [0, 0.1) is 0 Å². The van der Waals surface area contributed by atoms with Crippen molar-refractivity contribution in [3.63, 3.8) is 0 Å². The van der Waals surface area contributed by atoms with Crippen LogP contribution in [0.15, 0.2) is 0 Å². The van der Waals surface area contributed by atoms with E-state index in [2.05, 4.69) is 36.2 Å². The standard InChI is InChI=1S/C4H11BN.B2/c1-4(2,3)5-6;1-2/h6H2,1-3H3;. The normalized spacial score (nSPS) is 9.00. The Labute approximate surface area is 55.5 Å². The van der Waals surface area contributed by atoms with Crippen molar-refractivity contribution in [2.24, 2.45) is 5.64 Å². The van der Waals surface area contributed by atoms with Crippen LogP contribution in [-0.4, -0.2) is 22.9 Å². The minimum atomic E-state index is 0.194. The van der Waals surface area contributed by atoms with Gasteiger partial charge in [-0.05, 0) is 5.31 Å². The van der Waals surface area contributed by atoms with E-state index in [1.807, 2.05) is 0 Å². The van der Waals surface area contributed by atoms with Gasteiger partial charge in [0.2, 0.25) is 7.41 Å². The highest BCUT2D eigenvalue weighted by Crippen LogP contribution is 2.16. The summed E-state index contributed by atoms with van der Waals surface area (Å²) >= 11 is 0. The highest BCUT2D eigenvalue weighted by molar-refractivity contribution is 6.75. The van der Waals surface area contributed by atoms with E-state index in [4.69, 9.17) is 5.64 Å². The van der Waals surface area contributed by atoms with Crippen LogP contribution in [0.3, 0.4) is 0 Å². The molecule has 0 saturated heterocycles. The molecule has 0 unspecified atom stereocenters. The van der Waals surface area contributed by atoms with Crippen molar-refractivity contribution in [2.45, 2.75) is 26.1 Å². The van der Waals surface area contributed by atoms with Crippen LogP contribution < -0.4 is 5.64 Å². The van der Waals surface area contributed by atoms with Crippen molar-refractivity contribution < 1.29 is 0 Å². The number of rotatable bonds is 0. The summed E-state index contributed by atoms with van der Waals surface area (Å²) in [6, 6.07) is 0. The first-order valence-corrected chi connectivity index (χ1v) is 2.46. The Morgan fingerprint density at radius 3 is 1.38 bits per heavy atom. The molecule has 41 valence electrons. The molecule has 0 aromatic rings. The van der Waals surface area contributed by atoms with Gasteiger partial charge in [-0.15, -0.1) is 0 Å². The Hall–Kier alpha value is 0.155. The maximum Gasteiger partial charge on any atom is 0.208 e. The largest absolute Gasteiger partial charge is 0.374 e. The van der Waals surface area contributed by atoms with Gasteiger partial charge in [0.25, 0.3) is 0 Å². The van der Waals surface area contributed by atoms with Gasteiger partial charge in [0.05, 0.1) is 0 Å². The van der Waals surface area contributed by atoms with Gasteiger partial charge in [-0.1, -0.05) is 20.8 Å². The lowest BCUT2D eigenvalue weighted by Crippen LogP contribution is -2.17. The molecule has 0 spiro atoms. The summed E-state index contributed by atoms with van der Waals surface area (Å²) in [7, 11) is 9.69. The van der Waals surface area contributed by atoms with E-state index in [9.17, 15) is 0 Å². The van der Waals surface area contributed by atoms with Gasteiger partial charge in [-0.2, -0.15) is 0 Å². The number of nitrogens with two attached hydrogens (primary N) is 1. The van der Waals surface area contributed by atoms with Crippen molar-refractivity contribution >= 4 is 22.9 Å². The molecule has 2 N–H and O–H groups in total. The van der Waals surface area contributed by atoms with Crippen LogP contribution in [0.5, 0.6) is 0 Å². The Bertz CT molecular complexity index is 41.0. The predicted octanol–water partition coefficient (Wildman–Crippen LogP) is 0.0211. The van der Waals surface area contributed by atoms with Crippen LogP contribution in [0.25, 0.3) is 0 Å². The van der Waals surface area contributed by atoms with E-state index in [0.29, 0.717) is 0 Å². The third-order valence-electron chi connectivity index (χ3n) is 0.500. The fraction of sp³-hybridized carbons (Fsp3) is 1.00. The van der Waals surface area contributed by atoms with Gasteiger partial charge >= 0.3 is 0 Å². The molecular weight excluding hydrogens is 94.5 g/mol. The average Bonchev–Trinajstić information content (AvgIpc) is 1.71. The van der Waals surface area contributed by atoms with E-state index in [1.54, 1.807) is 7.41 Å². The van der Waals surface area contributed by atoms with Gasteiger partial charge < -0.3 is 5.64 Å². The Morgan fingerprint density at radius 2 is 1.38 bits per heavy atom. The second-order valence-corrected chi connectivity index (χ2v) is 2.53. The average molecular weight is 106 g/mol. The minimum absolute atomic E-state index is 0.194. The van der Waals surface area contributed by atoms with E-state index in [-0.39, 0.29) is 5.31 Å². The van der Waals surface area contributed by atoms with Gasteiger partial charge in [0.1, 0.15) is 0 Å². The number of hydrogen-bond acceptors (Lipinski definition) is 1. The van der Waals surface area contributed by atoms with Crippen molar-refractivity contribution in [1.82, 2.24) is 0 Å². The maximum atomic E-state index is 5.18. The van der Waals surface area contributed by atoms with Crippen LogP contribution >= 0.6 is 0 Å². The molecule has 1 nitrogen and oxygen atoms in total. The molecule has 0 saturated carbocycles. The summed E-state index contributed by atoms with van der Waals surface area (Å²) in [6.45, 7) is 6.19. The van der Waals surface area contributed by atoms with Crippen LogP contribution in [0.4, 0.5) is 0 Å². The fourth-order valence-electron chi connectivity index (χ4n) is 0. The van der Waals surface area contributed by atoms with Crippen LogP contribution in [-0.2, 0) is 0 Å². The maximum absolute atomic E-state index is 5.18. The zero-order valence-corrected chi connectivity index (χ0v) is 5.81. The lowest BCUT2D eigenvalue weighted by atomic mass is 9.66. The van der Waals surface area contributed by atoms with Crippen LogP contribution in [0.2, 0.25) is 5.31 Å². The third kappa shape index (κ3) is 16.4. The van der Waals surface area contributed by atoms with Crippen molar-refractivity contribution in [3.8, 4) is 0 Å². The molecule has 4 heteroatoms. The Balaban J connectivity index is 0. The molecule has 0 aromatic carbocycles. The van der Waals surface area contributed by atoms with Gasteiger partial charge in [0, 0.05) is 15.5 Å². The first-order chi connectivity index (χ1) is 3.56. The van der Waals surface area contributed by atoms with Crippen LogP contribution in [0.1, 0.15) is 20.8 Å². The third-order valence-corrected chi connectivity index (χ3v) is 0.500. The molecule has 0 aliphatic carbocycles. The van der Waals surface area contributed by atoms with Gasteiger partial charge in [-0.25, -0.2) is 0 Å². The topological polar surface area (TPSA) is 26.0 Å². The molecule has 0 aliphatic rings. The monoisotopic (exact) mass is 106 g/mol. The molecule has 8 heavy (non-hydrogen) atoms. The molecule has 5 radical (unpaired) electrons. The summed E-state index contributed by atoms with van der Waals surface area (Å²) in [5.41, 5.74) is 5.18. The highest BCUT2D eigenvalue weighted by Gasteiger charge is 2.06. The molecule has 0 rings (SSSR count). The smallest absolute Gasteiger partial charge is 0.208 e. The zero-order chi connectivity index (χ0) is 7.21. The highest BCUT2D eigenvalue weighted by atomic mass is 14.4. The lowest BCUT2D eigenvalue weighted by molar-refractivity contribution is 0.752. The summed E-state index contributed by atoms with van der Waals surface area (Å²) in [6.07, 6.45) is 0. The second kappa shape index (κ2) is 5.29. The molecule has 0 bridgehead atoms. The molecule has 0 aliphatic heterocycles. The Kier molecular flexibility index (Phi) is 7.29. The van der Waals surface area contributed by atoms with E-state index >= 15 is 0 Å². The zero-order valence-electron chi connectivity index (χ0n) is 5.81. The Morgan fingerprint density at radius 1 is 1.25 bits per heavy atom. The quantitative estimate of drug-likeness (QED) is 0.432.